The van der Waals surface area contributed by atoms with Gasteiger partial charge in [0.25, 0.3) is 0 Å². The molecule has 0 saturated carbocycles. The molecule has 2 unspecified atom stereocenters. The van der Waals surface area contributed by atoms with Crippen molar-refractivity contribution < 1.29 is 14.2 Å². The van der Waals surface area contributed by atoms with Gasteiger partial charge in [0.2, 0.25) is 0 Å². The summed E-state index contributed by atoms with van der Waals surface area (Å²) in [6.45, 7) is 0.748. The summed E-state index contributed by atoms with van der Waals surface area (Å²) in [5.41, 5.74) is 1.77. The minimum absolute atomic E-state index is 0.0941. The molecule has 0 aliphatic heterocycles. The maximum atomic E-state index is 13.6. The molecule has 0 amide bonds. The second-order valence-corrected chi connectivity index (χ2v) is 5.38. The third-order valence-electron chi connectivity index (χ3n) is 3.24. The highest BCUT2D eigenvalue weighted by Crippen LogP contribution is 2.37. The van der Waals surface area contributed by atoms with Gasteiger partial charge < -0.3 is 15.2 Å². The van der Waals surface area contributed by atoms with Crippen LogP contribution in [-0.2, 0) is 11.2 Å². The Morgan fingerprint density at radius 1 is 1.61 bits per heavy atom. The fourth-order valence-corrected chi connectivity index (χ4v) is 3.05. The van der Waals surface area contributed by atoms with Crippen molar-refractivity contribution in [3.63, 3.8) is 0 Å². The van der Waals surface area contributed by atoms with Crippen LogP contribution in [0.3, 0.4) is 0 Å². The molecular weight excluding hydrogens is 301 g/mol. The molecule has 1 aliphatic rings. The van der Waals surface area contributed by atoms with E-state index in [4.69, 9.17) is 4.74 Å². The van der Waals surface area contributed by atoms with Gasteiger partial charge in [-0.2, -0.15) is 0 Å². The number of benzene rings is 1. The summed E-state index contributed by atoms with van der Waals surface area (Å²) in [5.74, 6) is -0.144. The molecule has 5 heteroatoms. The maximum Gasteiger partial charge on any atom is 0.126 e. The normalized spacial score (nSPS) is 19.9. The van der Waals surface area contributed by atoms with Crippen LogP contribution < -0.4 is 5.32 Å². The first kappa shape index (κ1) is 13.9. The third kappa shape index (κ3) is 2.91. The number of hydrogen-bond acceptors (Lipinski definition) is 3. The van der Waals surface area contributed by atoms with Crippen molar-refractivity contribution in [3.8, 4) is 0 Å². The van der Waals surface area contributed by atoms with Gasteiger partial charge in [0, 0.05) is 24.2 Å². The molecule has 2 rings (SSSR count). The van der Waals surface area contributed by atoms with Crippen molar-refractivity contribution in [1.82, 2.24) is 5.32 Å². The summed E-state index contributed by atoms with van der Waals surface area (Å²) in [7, 11) is 1.56. The number of nitrogens with one attached hydrogen (secondary N) is 1. The molecule has 18 heavy (non-hydrogen) atoms. The van der Waals surface area contributed by atoms with Gasteiger partial charge in [0.1, 0.15) is 5.82 Å². The smallest absolute Gasteiger partial charge is 0.126 e. The number of rotatable bonds is 5. The van der Waals surface area contributed by atoms with Gasteiger partial charge in [-0.3, -0.25) is 0 Å². The quantitative estimate of drug-likeness (QED) is 0.874. The summed E-state index contributed by atoms with van der Waals surface area (Å²) < 4.78 is 19.4. The van der Waals surface area contributed by atoms with Crippen LogP contribution in [0.25, 0.3) is 0 Å². The highest BCUT2D eigenvalue weighted by molar-refractivity contribution is 9.10. The van der Waals surface area contributed by atoms with Gasteiger partial charge in [0.05, 0.1) is 12.7 Å². The zero-order valence-electron chi connectivity index (χ0n) is 10.2. The molecule has 2 N–H and O–H groups in total. The Morgan fingerprint density at radius 3 is 3.11 bits per heavy atom. The van der Waals surface area contributed by atoms with E-state index in [1.54, 1.807) is 13.2 Å². The Hall–Kier alpha value is -0.490. The van der Waals surface area contributed by atoms with Crippen molar-refractivity contribution in [2.24, 2.45) is 0 Å². The molecule has 0 fully saturated rings. The van der Waals surface area contributed by atoms with Crippen LogP contribution in [0.4, 0.5) is 4.39 Å². The first-order chi connectivity index (χ1) is 8.63. The van der Waals surface area contributed by atoms with Gasteiger partial charge in [-0.1, -0.05) is 15.9 Å². The molecule has 100 valence electrons. The zero-order chi connectivity index (χ0) is 13.1. The van der Waals surface area contributed by atoms with Crippen molar-refractivity contribution in [1.29, 1.82) is 0 Å². The van der Waals surface area contributed by atoms with Gasteiger partial charge in [-0.15, -0.1) is 0 Å². The minimum Gasteiger partial charge on any atom is -0.389 e. The fraction of sp³-hybridized carbons (Fsp3) is 0.538. The Balaban J connectivity index is 2.05. The molecule has 0 bridgehead atoms. The number of halogens is 2. The first-order valence-electron chi connectivity index (χ1n) is 6.00. The Bertz CT molecular complexity index is 428. The Labute approximate surface area is 114 Å². The van der Waals surface area contributed by atoms with Crippen LogP contribution >= 0.6 is 15.9 Å². The van der Waals surface area contributed by atoms with Gasteiger partial charge in [-0.05, 0) is 36.1 Å². The number of methoxy groups -OCH3 is 1. The van der Waals surface area contributed by atoms with Gasteiger partial charge in [-0.25, -0.2) is 4.39 Å². The van der Waals surface area contributed by atoms with E-state index in [0.717, 1.165) is 28.4 Å². The van der Waals surface area contributed by atoms with E-state index in [-0.39, 0.29) is 11.9 Å². The predicted octanol–water partition coefficient (Wildman–Crippen LogP) is 2.17. The van der Waals surface area contributed by atoms with Crippen LogP contribution in [0.1, 0.15) is 23.6 Å². The van der Waals surface area contributed by atoms with E-state index in [1.165, 1.54) is 6.07 Å². The average molecular weight is 318 g/mol. The van der Waals surface area contributed by atoms with Crippen molar-refractivity contribution in [3.05, 3.63) is 33.5 Å². The van der Waals surface area contributed by atoms with Crippen LogP contribution in [0.5, 0.6) is 0 Å². The fourth-order valence-electron chi connectivity index (χ4n) is 2.41. The largest absolute Gasteiger partial charge is 0.389 e. The molecule has 0 heterocycles. The number of hydrogen-bond donors (Lipinski definition) is 2. The predicted molar refractivity (Wildman–Crippen MR) is 71.0 cm³/mol. The van der Waals surface area contributed by atoms with Crippen LogP contribution in [0.2, 0.25) is 0 Å². The third-order valence-corrected chi connectivity index (χ3v) is 3.93. The molecule has 2 atom stereocenters. The molecule has 3 nitrogen and oxygen atoms in total. The van der Waals surface area contributed by atoms with E-state index in [9.17, 15) is 9.50 Å². The lowest BCUT2D eigenvalue weighted by molar-refractivity contribution is 0.0627. The molecule has 1 aliphatic carbocycles. The Kier molecular flexibility index (Phi) is 4.72. The highest BCUT2D eigenvalue weighted by atomic mass is 79.9. The summed E-state index contributed by atoms with van der Waals surface area (Å²) in [4.78, 5) is 0. The van der Waals surface area contributed by atoms with E-state index in [2.05, 4.69) is 21.2 Å². The second-order valence-electron chi connectivity index (χ2n) is 4.53. The van der Waals surface area contributed by atoms with E-state index in [0.29, 0.717) is 13.2 Å². The molecule has 1 aromatic rings. The number of aliphatic hydroxyl groups is 1. The van der Waals surface area contributed by atoms with E-state index < -0.39 is 6.10 Å². The van der Waals surface area contributed by atoms with Crippen LogP contribution in [-0.4, -0.2) is 31.5 Å². The zero-order valence-corrected chi connectivity index (χ0v) is 11.8. The summed E-state index contributed by atoms with van der Waals surface area (Å²) >= 11 is 3.47. The summed E-state index contributed by atoms with van der Waals surface area (Å²) in [6.07, 6.45) is 1.05. The summed E-state index contributed by atoms with van der Waals surface area (Å²) in [5, 5.41) is 12.9. The van der Waals surface area contributed by atoms with E-state index >= 15 is 0 Å². The number of ether oxygens (including phenoxy) is 1. The Morgan fingerprint density at radius 2 is 2.39 bits per heavy atom. The molecule has 1 aromatic carbocycles. The lowest BCUT2D eigenvalue weighted by atomic mass is 10.1. The van der Waals surface area contributed by atoms with Crippen molar-refractivity contribution in [2.75, 3.05) is 20.3 Å². The topological polar surface area (TPSA) is 41.5 Å². The minimum atomic E-state index is -0.536. The maximum absolute atomic E-state index is 13.6. The lowest BCUT2D eigenvalue weighted by Crippen LogP contribution is -2.32. The van der Waals surface area contributed by atoms with Gasteiger partial charge in [0.15, 0.2) is 0 Å². The SMILES string of the molecule is COCC(O)CNC1CCc2c(F)ccc(Br)c21. The lowest BCUT2D eigenvalue weighted by Gasteiger charge is -2.18. The molecule has 0 spiro atoms. The standard InChI is InChI=1S/C13H17BrFNO2/c1-18-7-8(17)6-16-12-5-2-9-11(15)4-3-10(14)13(9)12/h3-4,8,12,16-17H,2,5-7H2,1H3. The number of aliphatic hydroxyl groups excluding tert-OH is 1. The van der Waals surface area contributed by atoms with Gasteiger partial charge >= 0.3 is 0 Å². The first-order valence-corrected chi connectivity index (χ1v) is 6.80. The number of fused-ring (bicyclic) bond motifs is 1. The van der Waals surface area contributed by atoms with E-state index in [1.807, 2.05) is 0 Å². The van der Waals surface area contributed by atoms with Crippen LogP contribution in [0.15, 0.2) is 16.6 Å². The van der Waals surface area contributed by atoms with Crippen molar-refractivity contribution in [2.45, 2.75) is 25.0 Å². The second kappa shape index (κ2) is 6.10. The molecule has 0 aromatic heterocycles. The molecule has 0 saturated heterocycles. The molecule has 0 radical (unpaired) electrons. The van der Waals surface area contributed by atoms with Crippen LogP contribution in [0, 0.1) is 5.82 Å². The highest BCUT2D eigenvalue weighted by Gasteiger charge is 2.27. The molecular formula is C13H17BrFNO2. The monoisotopic (exact) mass is 317 g/mol. The summed E-state index contributed by atoms with van der Waals surface area (Å²) in [6, 6.07) is 3.32. The van der Waals surface area contributed by atoms with Crippen molar-refractivity contribution >= 4 is 15.9 Å². The average Bonchev–Trinajstić information content (AvgIpc) is 2.77.